The molecule has 7 nitrogen and oxygen atoms in total. The normalized spacial score (nSPS) is 13.2. The molecule has 4 rings (SSSR count). The zero-order valence-electron chi connectivity index (χ0n) is 18.1. The molecule has 0 bridgehead atoms. The summed E-state index contributed by atoms with van der Waals surface area (Å²) >= 11 is 1.59. The molecule has 0 radical (unpaired) electrons. The number of hydrogen-bond acceptors (Lipinski definition) is 5. The molecule has 0 spiro atoms. The lowest BCUT2D eigenvalue weighted by Gasteiger charge is -2.30. The molecule has 0 aliphatic carbocycles. The summed E-state index contributed by atoms with van der Waals surface area (Å²) in [7, 11) is 0. The van der Waals surface area contributed by atoms with Gasteiger partial charge in [-0.05, 0) is 72.3 Å². The summed E-state index contributed by atoms with van der Waals surface area (Å²) in [6.45, 7) is 7.77. The first-order valence-electron chi connectivity index (χ1n) is 10.4. The Labute approximate surface area is 186 Å². The zero-order valence-corrected chi connectivity index (χ0v) is 19.0. The van der Waals surface area contributed by atoms with Crippen LogP contribution in [-0.4, -0.2) is 38.0 Å². The third kappa shape index (κ3) is 4.85. The van der Waals surface area contributed by atoms with E-state index in [0.29, 0.717) is 26.1 Å². The number of hydrogen-bond donors (Lipinski definition) is 1. The quantitative estimate of drug-likeness (QED) is 0.643. The highest BCUT2D eigenvalue weighted by atomic mass is 32.1. The minimum Gasteiger partial charge on any atom is -0.352 e. The molecule has 0 fully saturated rings. The summed E-state index contributed by atoms with van der Waals surface area (Å²) in [5.74, 6) is 0.0657. The van der Waals surface area contributed by atoms with E-state index in [1.54, 1.807) is 16.0 Å². The average molecular weight is 438 g/mol. The van der Waals surface area contributed by atoms with Gasteiger partial charge in [-0.15, -0.1) is 0 Å². The first kappa shape index (κ1) is 21.2. The second kappa shape index (κ2) is 9.01. The molecule has 3 aromatic heterocycles. The van der Waals surface area contributed by atoms with Gasteiger partial charge in [-0.2, -0.15) is 16.4 Å². The molecule has 1 aliphatic rings. The average Bonchev–Trinajstić information content (AvgIpc) is 3.35. The van der Waals surface area contributed by atoms with Gasteiger partial charge in [0, 0.05) is 37.2 Å². The van der Waals surface area contributed by atoms with Gasteiger partial charge in [0.1, 0.15) is 6.54 Å². The lowest BCUT2D eigenvalue weighted by molar-refractivity contribution is -0.133. The van der Waals surface area contributed by atoms with Crippen LogP contribution in [0, 0.1) is 20.8 Å². The van der Waals surface area contributed by atoms with Crippen molar-refractivity contribution >= 4 is 23.2 Å². The van der Waals surface area contributed by atoms with Gasteiger partial charge in [-0.1, -0.05) is 0 Å². The Hall–Kier alpha value is -3.00. The van der Waals surface area contributed by atoms with Gasteiger partial charge in [0.15, 0.2) is 0 Å². The second-order valence-corrected chi connectivity index (χ2v) is 8.84. The van der Waals surface area contributed by atoms with Crippen LogP contribution in [0.25, 0.3) is 0 Å². The van der Waals surface area contributed by atoms with Gasteiger partial charge in [-0.25, -0.2) is 0 Å². The summed E-state index contributed by atoms with van der Waals surface area (Å²) in [5.41, 5.74) is 7.20. The van der Waals surface area contributed by atoms with E-state index in [9.17, 15) is 9.59 Å². The van der Waals surface area contributed by atoms with Crippen LogP contribution in [0.5, 0.6) is 0 Å². The Morgan fingerprint density at radius 1 is 1.26 bits per heavy atom. The van der Waals surface area contributed by atoms with Crippen LogP contribution >= 0.6 is 11.3 Å². The number of amides is 2. The third-order valence-corrected chi connectivity index (χ3v) is 6.48. The van der Waals surface area contributed by atoms with E-state index in [0.717, 1.165) is 40.2 Å². The summed E-state index contributed by atoms with van der Waals surface area (Å²) in [6.07, 6.45) is 3.01. The molecule has 1 aliphatic heterocycles. The Bertz CT molecular complexity index is 1100. The minimum atomic E-state index is 0.00732. The molecule has 0 unspecified atom stereocenters. The smallest absolute Gasteiger partial charge is 0.244 e. The van der Waals surface area contributed by atoms with Gasteiger partial charge in [0.25, 0.3) is 0 Å². The van der Waals surface area contributed by atoms with Crippen LogP contribution in [0.1, 0.15) is 39.3 Å². The lowest BCUT2D eigenvalue weighted by Crippen LogP contribution is -2.39. The van der Waals surface area contributed by atoms with Crippen molar-refractivity contribution in [3.8, 4) is 0 Å². The van der Waals surface area contributed by atoms with Crippen molar-refractivity contribution in [2.75, 3.05) is 6.54 Å². The summed E-state index contributed by atoms with van der Waals surface area (Å²) in [5, 5.41) is 11.4. The highest BCUT2D eigenvalue weighted by Gasteiger charge is 2.24. The number of carbonyl (C=O) groups excluding carboxylic acids is 2. The molecule has 3 aromatic rings. The molecule has 0 saturated carbocycles. The maximum absolute atomic E-state index is 12.8. The van der Waals surface area contributed by atoms with Gasteiger partial charge in [0.05, 0.1) is 12.1 Å². The van der Waals surface area contributed by atoms with Crippen LogP contribution in [0.15, 0.2) is 29.1 Å². The molecule has 4 heterocycles. The number of fused-ring (bicyclic) bond motifs is 1. The van der Waals surface area contributed by atoms with E-state index in [2.05, 4.69) is 15.4 Å². The number of aromatic nitrogens is 3. The van der Waals surface area contributed by atoms with Crippen LogP contribution in [0.4, 0.5) is 0 Å². The number of pyridine rings is 1. The fourth-order valence-electron chi connectivity index (χ4n) is 4.06. The Balaban J connectivity index is 1.42. The molecule has 0 saturated heterocycles. The van der Waals surface area contributed by atoms with E-state index in [-0.39, 0.29) is 18.4 Å². The summed E-state index contributed by atoms with van der Waals surface area (Å²) < 4.78 is 1.76. The standard InChI is InChI=1S/C23H27N5O2S/c1-15-8-16(2)28(26-15)13-23(30)27-6-4-20-19(12-27)10-24-17(3)21(20)11-25-22(29)9-18-5-7-31-14-18/h5,7-8,10,14H,4,6,9,11-13H2,1-3H3,(H,25,29). The molecule has 0 atom stereocenters. The van der Waals surface area contributed by atoms with Crippen LogP contribution < -0.4 is 5.32 Å². The molecule has 162 valence electrons. The van der Waals surface area contributed by atoms with E-state index in [4.69, 9.17) is 0 Å². The number of nitrogens with one attached hydrogen (secondary N) is 1. The van der Waals surface area contributed by atoms with Crippen molar-refractivity contribution in [3.63, 3.8) is 0 Å². The predicted molar refractivity (Wildman–Crippen MR) is 120 cm³/mol. The maximum Gasteiger partial charge on any atom is 0.244 e. The monoisotopic (exact) mass is 437 g/mol. The first-order valence-corrected chi connectivity index (χ1v) is 11.4. The van der Waals surface area contributed by atoms with Crippen molar-refractivity contribution in [2.24, 2.45) is 0 Å². The number of aryl methyl sites for hydroxylation is 3. The topological polar surface area (TPSA) is 80.1 Å². The zero-order chi connectivity index (χ0) is 22.0. The highest BCUT2D eigenvalue weighted by molar-refractivity contribution is 7.08. The Kier molecular flexibility index (Phi) is 6.18. The fraction of sp³-hybridized carbons (Fsp3) is 0.391. The number of carbonyl (C=O) groups is 2. The molecule has 31 heavy (non-hydrogen) atoms. The summed E-state index contributed by atoms with van der Waals surface area (Å²) in [4.78, 5) is 31.6. The molecule has 0 aromatic carbocycles. The Morgan fingerprint density at radius 3 is 2.81 bits per heavy atom. The molecular weight excluding hydrogens is 410 g/mol. The van der Waals surface area contributed by atoms with Crippen LogP contribution in [-0.2, 0) is 42.1 Å². The second-order valence-electron chi connectivity index (χ2n) is 8.06. The number of thiophene rings is 1. The largest absolute Gasteiger partial charge is 0.352 e. The van der Waals surface area contributed by atoms with Crippen molar-refractivity contribution < 1.29 is 9.59 Å². The molecule has 8 heteroatoms. The number of rotatable bonds is 6. The third-order valence-electron chi connectivity index (χ3n) is 5.74. The minimum absolute atomic E-state index is 0.00732. The van der Waals surface area contributed by atoms with Crippen LogP contribution in [0.3, 0.4) is 0 Å². The lowest BCUT2D eigenvalue weighted by atomic mass is 9.94. The first-order chi connectivity index (χ1) is 14.9. The molecular formula is C23H27N5O2S. The summed E-state index contributed by atoms with van der Waals surface area (Å²) in [6, 6.07) is 3.95. The SMILES string of the molecule is Cc1cc(C)n(CC(=O)N2CCc3c(cnc(C)c3CNC(=O)Cc3ccsc3)C2)n1. The van der Waals surface area contributed by atoms with E-state index >= 15 is 0 Å². The van der Waals surface area contributed by atoms with Gasteiger partial charge >= 0.3 is 0 Å². The van der Waals surface area contributed by atoms with Gasteiger partial charge < -0.3 is 10.2 Å². The Morgan fingerprint density at radius 2 is 2.10 bits per heavy atom. The fourth-order valence-corrected chi connectivity index (χ4v) is 4.73. The van der Waals surface area contributed by atoms with Crippen molar-refractivity contribution in [1.29, 1.82) is 0 Å². The van der Waals surface area contributed by atoms with Crippen molar-refractivity contribution in [2.45, 2.75) is 53.2 Å². The van der Waals surface area contributed by atoms with E-state index < -0.39 is 0 Å². The molecule has 1 N–H and O–H groups in total. The van der Waals surface area contributed by atoms with Crippen LogP contribution in [0.2, 0.25) is 0 Å². The van der Waals surface area contributed by atoms with Crippen molar-refractivity contribution in [1.82, 2.24) is 25.0 Å². The number of nitrogens with zero attached hydrogens (tertiary/aromatic N) is 4. The van der Waals surface area contributed by atoms with E-state index in [1.807, 2.05) is 54.8 Å². The predicted octanol–water partition coefficient (Wildman–Crippen LogP) is 2.71. The van der Waals surface area contributed by atoms with E-state index in [1.165, 1.54) is 5.56 Å². The highest BCUT2D eigenvalue weighted by Crippen LogP contribution is 2.24. The maximum atomic E-state index is 12.8. The van der Waals surface area contributed by atoms with Crippen molar-refractivity contribution in [3.05, 3.63) is 68.4 Å². The molecule has 2 amide bonds. The van der Waals surface area contributed by atoms with Gasteiger partial charge in [0.2, 0.25) is 11.8 Å². The van der Waals surface area contributed by atoms with Gasteiger partial charge in [-0.3, -0.25) is 19.3 Å².